The zero-order valence-corrected chi connectivity index (χ0v) is 5.30. The molecule has 3 heteroatoms. The van der Waals surface area contributed by atoms with E-state index in [4.69, 9.17) is 4.84 Å². The first-order valence-corrected chi connectivity index (χ1v) is 3.22. The molecule has 0 aromatic heterocycles. The van der Waals surface area contributed by atoms with E-state index in [1.165, 1.54) is 5.06 Å². The van der Waals surface area contributed by atoms with Gasteiger partial charge in [0.15, 0.2) is 0 Å². The normalized spacial score (nSPS) is 21.1. The molecule has 1 saturated heterocycles. The minimum absolute atomic E-state index is 0.662. The van der Waals surface area contributed by atoms with Crippen LogP contribution in [0.15, 0.2) is 0 Å². The quantitative estimate of drug-likeness (QED) is 0.513. The Morgan fingerprint density at radius 3 is 3.00 bits per heavy atom. The third kappa shape index (κ3) is 2.01. The predicted octanol–water partition coefficient (Wildman–Crippen LogP) is 0.471. The van der Waals surface area contributed by atoms with Gasteiger partial charge in [-0.05, 0) is 19.3 Å². The van der Waals surface area contributed by atoms with Crippen molar-refractivity contribution in [3.8, 4) is 0 Å². The average Bonchev–Trinajstić information content (AvgIpc) is 2.13. The Morgan fingerprint density at radius 2 is 2.22 bits per heavy atom. The molecule has 0 N–H and O–H groups in total. The van der Waals surface area contributed by atoms with Crippen LogP contribution < -0.4 is 0 Å². The molecule has 0 saturated carbocycles. The summed E-state index contributed by atoms with van der Waals surface area (Å²) >= 11 is 0. The Bertz CT molecular complexity index is 87.1. The number of amides is 1. The van der Waals surface area contributed by atoms with E-state index in [0.717, 1.165) is 19.3 Å². The molecule has 0 aromatic rings. The zero-order chi connectivity index (χ0) is 6.53. The molecule has 1 rings (SSSR count). The SMILES string of the molecule is O=[C]N1CCCCCO1. The number of carbonyl (C=O) groups excluding carboxylic acids is 1. The van der Waals surface area contributed by atoms with Crippen LogP contribution in [0.4, 0.5) is 0 Å². The van der Waals surface area contributed by atoms with Gasteiger partial charge in [0.05, 0.1) is 6.61 Å². The average molecular weight is 128 g/mol. The summed E-state index contributed by atoms with van der Waals surface area (Å²) in [5.74, 6) is 0. The second kappa shape index (κ2) is 3.45. The fourth-order valence-corrected chi connectivity index (χ4v) is 0.846. The van der Waals surface area contributed by atoms with Gasteiger partial charge in [-0.15, -0.1) is 0 Å². The van der Waals surface area contributed by atoms with Crippen molar-refractivity contribution in [2.45, 2.75) is 19.3 Å². The molecule has 1 aliphatic rings. The molecule has 1 fully saturated rings. The highest BCUT2D eigenvalue weighted by atomic mass is 16.7. The third-order valence-electron chi connectivity index (χ3n) is 1.35. The molecule has 1 amide bonds. The van der Waals surface area contributed by atoms with Gasteiger partial charge >= 0.3 is 6.41 Å². The molecule has 51 valence electrons. The molecule has 1 radical (unpaired) electrons. The molecule has 1 aliphatic heterocycles. The molecule has 1 heterocycles. The van der Waals surface area contributed by atoms with E-state index >= 15 is 0 Å². The number of nitrogens with zero attached hydrogens (tertiary/aromatic N) is 1. The van der Waals surface area contributed by atoms with Crippen LogP contribution in [0.1, 0.15) is 19.3 Å². The Hall–Kier alpha value is -0.570. The Balaban J connectivity index is 2.26. The Morgan fingerprint density at radius 1 is 1.33 bits per heavy atom. The topological polar surface area (TPSA) is 29.5 Å². The lowest BCUT2D eigenvalue weighted by Crippen LogP contribution is -2.21. The lowest BCUT2D eigenvalue weighted by atomic mass is 10.2. The van der Waals surface area contributed by atoms with Gasteiger partial charge in [-0.3, -0.25) is 9.63 Å². The van der Waals surface area contributed by atoms with E-state index < -0.39 is 0 Å². The summed E-state index contributed by atoms with van der Waals surface area (Å²) in [5, 5.41) is 1.24. The van der Waals surface area contributed by atoms with Gasteiger partial charge in [-0.2, -0.15) is 0 Å². The van der Waals surface area contributed by atoms with Crippen LogP contribution in [-0.2, 0) is 9.63 Å². The molecular weight excluding hydrogens is 118 g/mol. The molecule has 0 aliphatic carbocycles. The highest BCUT2D eigenvalue weighted by Gasteiger charge is 2.06. The van der Waals surface area contributed by atoms with Crippen LogP contribution in [0, 0.1) is 0 Å². The van der Waals surface area contributed by atoms with Crippen LogP contribution in [0.5, 0.6) is 0 Å². The first kappa shape index (κ1) is 6.55. The number of rotatable bonds is 1. The summed E-state index contributed by atoms with van der Waals surface area (Å²) in [4.78, 5) is 15.0. The van der Waals surface area contributed by atoms with E-state index in [-0.39, 0.29) is 0 Å². The minimum atomic E-state index is 0.662. The highest BCUT2D eigenvalue weighted by Crippen LogP contribution is 2.04. The second-order valence-corrected chi connectivity index (χ2v) is 2.09. The summed E-state index contributed by atoms with van der Waals surface area (Å²) in [6.45, 7) is 1.36. The van der Waals surface area contributed by atoms with Crippen molar-refractivity contribution in [3.63, 3.8) is 0 Å². The first-order chi connectivity index (χ1) is 4.43. The molecular formula is C6H10NO2. The number of hydrogen-bond acceptors (Lipinski definition) is 2. The van der Waals surface area contributed by atoms with Crippen LogP contribution in [-0.4, -0.2) is 24.6 Å². The van der Waals surface area contributed by atoms with Crippen molar-refractivity contribution >= 4 is 6.41 Å². The van der Waals surface area contributed by atoms with E-state index in [1.54, 1.807) is 6.41 Å². The predicted molar refractivity (Wildman–Crippen MR) is 32.2 cm³/mol. The van der Waals surface area contributed by atoms with Gasteiger partial charge in [0.1, 0.15) is 0 Å². The van der Waals surface area contributed by atoms with Crippen LogP contribution in [0.3, 0.4) is 0 Å². The lowest BCUT2D eigenvalue weighted by Gasteiger charge is -2.09. The summed E-state index contributed by atoms with van der Waals surface area (Å²) in [6.07, 6.45) is 4.95. The Labute approximate surface area is 54.5 Å². The zero-order valence-electron chi connectivity index (χ0n) is 5.30. The Kier molecular flexibility index (Phi) is 2.51. The monoisotopic (exact) mass is 128 g/mol. The van der Waals surface area contributed by atoms with Crippen molar-refractivity contribution < 1.29 is 9.63 Å². The van der Waals surface area contributed by atoms with Crippen molar-refractivity contribution in [1.82, 2.24) is 5.06 Å². The molecule has 0 spiro atoms. The molecule has 0 unspecified atom stereocenters. The summed E-state index contributed by atoms with van der Waals surface area (Å²) < 4.78 is 0. The fourth-order valence-electron chi connectivity index (χ4n) is 0.846. The fraction of sp³-hybridized carbons (Fsp3) is 0.833. The molecule has 0 aromatic carbocycles. The number of hydroxylamine groups is 2. The lowest BCUT2D eigenvalue weighted by molar-refractivity contribution is -0.0910. The molecule has 0 bridgehead atoms. The number of hydrogen-bond donors (Lipinski definition) is 0. The van der Waals surface area contributed by atoms with Crippen molar-refractivity contribution in [3.05, 3.63) is 0 Å². The van der Waals surface area contributed by atoms with Crippen molar-refractivity contribution in [1.29, 1.82) is 0 Å². The second-order valence-electron chi connectivity index (χ2n) is 2.09. The molecule has 3 nitrogen and oxygen atoms in total. The van der Waals surface area contributed by atoms with Gasteiger partial charge in [0.25, 0.3) is 0 Å². The van der Waals surface area contributed by atoms with Crippen LogP contribution in [0.25, 0.3) is 0 Å². The third-order valence-corrected chi connectivity index (χ3v) is 1.35. The maximum atomic E-state index is 9.99. The van der Waals surface area contributed by atoms with Gasteiger partial charge in [-0.1, -0.05) is 0 Å². The maximum Gasteiger partial charge on any atom is 0.337 e. The maximum absolute atomic E-state index is 9.99. The summed E-state index contributed by atoms with van der Waals surface area (Å²) in [5.41, 5.74) is 0. The standard InChI is InChI=1S/C6H10NO2/c8-6-7-4-2-1-3-5-9-7/h1-5H2. The van der Waals surface area contributed by atoms with Crippen molar-refractivity contribution in [2.24, 2.45) is 0 Å². The van der Waals surface area contributed by atoms with Crippen LogP contribution in [0.2, 0.25) is 0 Å². The first-order valence-electron chi connectivity index (χ1n) is 3.22. The largest absolute Gasteiger partial charge is 0.337 e. The van der Waals surface area contributed by atoms with Gasteiger partial charge in [-0.25, -0.2) is 5.06 Å². The van der Waals surface area contributed by atoms with Gasteiger partial charge in [0, 0.05) is 6.54 Å². The van der Waals surface area contributed by atoms with E-state index in [1.807, 2.05) is 0 Å². The minimum Gasteiger partial charge on any atom is -0.271 e. The summed E-state index contributed by atoms with van der Waals surface area (Å²) in [7, 11) is 0. The van der Waals surface area contributed by atoms with E-state index in [9.17, 15) is 4.79 Å². The summed E-state index contributed by atoms with van der Waals surface area (Å²) in [6, 6.07) is 0. The molecule has 0 atom stereocenters. The van der Waals surface area contributed by atoms with E-state index in [2.05, 4.69) is 0 Å². The van der Waals surface area contributed by atoms with Gasteiger partial charge in [0.2, 0.25) is 0 Å². The smallest absolute Gasteiger partial charge is 0.271 e. The van der Waals surface area contributed by atoms with E-state index in [0.29, 0.717) is 13.2 Å². The van der Waals surface area contributed by atoms with Crippen molar-refractivity contribution in [2.75, 3.05) is 13.2 Å². The van der Waals surface area contributed by atoms with Crippen LogP contribution >= 0.6 is 0 Å². The highest BCUT2D eigenvalue weighted by molar-refractivity contribution is 5.45. The van der Waals surface area contributed by atoms with Gasteiger partial charge < -0.3 is 0 Å². The molecule has 9 heavy (non-hydrogen) atoms.